The highest BCUT2D eigenvalue weighted by atomic mass is 32.2. The van der Waals surface area contributed by atoms with Gasteiger partial charge in [0.25, 0.3) is 0 Å². The monoisotopic (exact) mass is 302 g/mol. The molecule has 1 aliphatic rings. The molecule has 2 aromatic carbocycles. The van der Waals surface area contributed by atoms with Crippen molar-refractivity contribution in [1.82, 2.24) is 0 Å². The van der Waals surface area contributed by atoms with Gasteiger partial charge < -0.3 is 4.74 Å². The van der Waals surface area contributed by atoms with Crippen molar-refractivity contribution in [2.24, 2.45) is 0 Å². The van der Waals surface area contributed by atoms with Crippen molar-refractivity contribution >= 4 is 21.7 Å². The molecule has 0 unspecified atom stereocenters. The van der Waals surface area contributed by atoms with E-state index >= 15 is 0 Å². The summed E-state index contributed by atoms with van der Waals surface area (Å²) in [5.41, 5.74) is 0. The summed E-state index contributed by atoms with van der Waals surface area (Å²) in [6, 6.07) is 13.4. The molecule has 0 amide bonds. The molecule has 0 atom stereocenters. The lowest BCUT2D eigenvalue weighted by Crippen LogP contribution is -2.04. The third-order valence-electron chi connectivity index (χ3n) is 4.29. The Morgan fingerprint density at radius 2 is 1.86 bits per heavy atom. The third-order valence-corrected chi connectivity index (χ3v) is 6.99. The fourth-order valence-electron chi connectivity index (χ4n) is 3.04. The van der Waals surface area contributed by atoms with Crippen LogP contribution < -0.4 is 4.74 Å². The first-order valence-corrected chi connectivity index (χ1v) is 10.0. The van der Waals surface area contributed by atoms with Gasteiger partial charge >= 0.3 is 0 Å². The van der Waals surface area contributed by atoms with Crippen LogP contribution in [0.5, 0.6) is 5.75 Å². The lowest BCUT2D eigenvalue weighted by molar-refractivity contribution is 0.312. The number of hydrogen-bond donors (Lipinski definition) is 1. The number of thiol groups is 1. The Balaban J connectivity index is 1.93. The van der Waals surface area contributed by atoms with Gasteiger partial charge in [0, 0.05) is 5.39 Å². The van der Waals surface area contributed by atoms with Crippen LogP contribution in [-0.2, 0) is 0 Å². The molecule has 0 saturated carbocycles. The van der Waals surface area contributed by atoms with E-state index in [2.05, 4.69) is 43.3 Å². The van der Waals surface area contributed by atoms with Gasteiger partial charge in [-0.05, 0) is 53.2 Å². The van der Waals surface area contributed by atoms with Gasteiger partial charge in [0.2, 0.25) is 0 Å². The Morgan fingerprint density at radius 3 is 2.67 bits per heavy atom. The fraction of sp³-hybridized carbons (Fsp3) is 0.474. The predicted molar refractivity (Wildman–Crippen MR) is 95.2 cm³/mol. The van der Waals surface area contributed by atoms with Gasteiger partial charge in [0.1, 0.15) is 5.75 Å². The van der Waals surface area contributed by atoms with E-state index in [1.54, 1.807) is 4.90 Å². The number of unbranched alkanes of at least 4 members (excludes halogenated alkanes) is 1. The molecule has 0 bridgehead atoms. The van der Waals surface area contributed by atoms with Gasteiger partial charge in [-0.25, -0.2) is 10.9 Å². The summed E-state index contributed by atoms with van der Waals surface area (Å²) in [4.78, 5) is 1.55. The Morgan fingerprint density at radius 1 is 1.05 bits per heavy atom. The minimum absolute atomic E-state index is 0.0451. The van der Waals surface area contributed by atoms with Crippen LogP contribution in [0, 0.1) is 0 Å². The molecule has 3 rings (SSSR count). The van der Waals surface area contributed by atoms with E-state index < -0.39 is 0 Å². The van der Waals surface area contributed by atoms with Crippen LogP contribution in [-0.4, -0.2) is 18.1 Å². The number of ether oxygens (including phenoxy) is 1. The maximum Gasteiger partial charge on any atom is 0.128 e. The van der Waals surface area contributed by atoms with Crippen molar-refractivity contribution in [1.29, 1.82) is 0 Å². The number of rotatable bonds is 5. The lowest BCUT2D eigenvalue weighted by Gasteiger charge is -2.27. The molecule has 0 aliphatic carbocycles. The van der Waals surface area contributed by atoms with Gasteiger partial charge in [0.15, 0.2) is 0 Å². The van der Waals surface area contributed by atoms with E-state index in [0.29, 0.717) is 0 Å². The summed E-state index contributed by atoms with van der Waals surface area (Å²) in [6.07, 6.45) is 6.55. The maximum atomic E-state index is 6.10. The zero-order valence-corrected chi connectivity index (χ0v) is 13.9. The van der Waals surface area contributed by atoms with Crippen LogP contribution in [0.2, 0.25) is 0 Å². The first kappa shape index (κ1) is 14.8. The molecule has 1 nitrogen and oxygen atoms in total. The first-order valence-electron chi connectivity index (χ1n) is 8.29. The van der Waals surface area contributed by atoms with E-state index in [1.807, 2.05) is 0 Å². The van der Waals surface area contributed by atoms with E-state index in [-0.39, 0.29) is 10.9 Å². The molecule has 2 aromatic rings. The van der Waals surface area contributed by atoms with E-state index in [9.17, 15) is 0 Å². The lowest BCUT2D eigenvalue weighted by atomic mass is 10.1. The molecule has 0 N–H and O–H groups in total. The smallest absolute Gasteiger partial charge is 0.128 e. The van der Waals surface area contributed by atoms with Gasteiger partial charge in [-0.1, -0.05) is 44.0 Å². The van der Waals surface area contributed by atoms with Crippen molar-refractivity contribution in [3.63, 3.8) is 0 Å². The molecule has 1 heterocycles. The number of fused-ring (bicyclic) bond motifs is 1. The van der Waals surface area contributed by atoms with Crippen molar-refractivity contribution in [2.75, 3.05) is 18.1 Å². The predicted octanol–water partition coefficient (Wildman–Crippen LogP) is 5.56. The molecular weight excluding hydrogens is 276 g/mol. The second-order valence-corrected chi connectivity index (χ2v) is 8.41. The maximum absolute atomic E-state index is 6.10. The van der Waals surface area contributed by atoms with Crippen LogP contribution in [0.25, 0.3) is 10.8 Å². The average molecular weight is 302 g/mol. The van der Waals surface area contributed by atoms with E-state index in [4.69, 9.17) is 4.74 Å². The summed E-state index contributed by atoms with van der Waals surface area (Å²) in [5, 5.41) is 2.61. The Kier molecular flexibility index (Phi) is 5.08. The molecule has 0 aromatic heterocycles. The summed E-state index contributed by atoms with van der Waals surface area (Å²) in [5.74, 6) is 3.91. The van der Waals surface area contributed by atoms with Crippen LogP contribution in [0.4, 0.5) is 0 Å². The van der Waals surface area contributed by atoms with Crippen molar-refractivity contribution < 1.29 is 4.74 Å². The van der Waals surface area contributed by atoms with Crippen LogP contribution in [0.15, 0.2) is 41.3 Å². The van der Waals surface area contributed by atoms with Crippen molar-refractivity contribution in [3.05, 3.63) is 36.4 Å². The van der Waals surface area contributed by atoms with Gasteiger partial charge in [-0.3, -0.25) is 0 Å². The van der Waals surface area contributed by atoms with Gasteiger partial charge in [0.05, 0.1) is 6.61 Å². The zero-order chi connectivity index (χ0) is 14.5. The van der Waals surface area contributed by atoms with Gasteiger partial charge in [-0.2, -0.15) is 0 Å². The highest BCUT2D eigenvalue weighted by molar-refractivity contribution is 8.17. The molecule has 1 saturated heterocycles. The second kappa shape index (κ2) is 7.22. The minimum atomic E-state index is 0.0451. The van der Waals surface area contributed by atoms with Crippen molar-refractivity contribution in [2.45, 2.75) is 43.9 Å². The zero-order valence-electron chi connectivity index (χ0n) is 13.0. The number of hydrogen-bond acceptors (Lipinski definition) is 1. The Bertz CT molecular complexity index is 587. The Labute approximate surface area is 131 Å². The largest absolute Gasteiger partial charge is 0.493 e. The average Bonchev–Trinajstić information content (AvgIpc) is 2.55. The third kappa shape index (κ3) is 3.55. The van der Waals surface area contributed by atoms with Crippen LogP contribution in [0.3, 0.4) is 0 Å². The molecule has 1 aliphatic heterocycles. The quantitative estimate of drug-likeness (QED) is 0.561. The van der Waals surface area contributed by atoms with Crippen LogP contribution >= 0.6 is 10.9 Å². The molecular formula is C19H26OS. The highest BCUT2D eigenvalue weighted by Crippen LogP contribution is 2.44. The molecule has 2 heteroatoms. The molecule has 0 radical (unpaired) electrons. The first-order chi connectivity index (χ1) is 10.4. The van der Waals surface area contributed by atoms with Gasteiger partial charge in [-0.15, -0.1) is 0 Å². The topological polar surface area (TPSA) is 9.23 Å². The fourth-order valence-corrected chi connectivity index (χ4v) is 5.61. The SMILES string of the molecule is CCCCOc1cc([SH]2CCCCC2)cc2ccccc12. The summed E-state index contributed by atoms with van der Waals surface area (Å²) in [6.45, 7) is 3.05. The second-order valence-electron chi connectivity index (χ2n) is 5.91. The molecule has 1 fully saturated rings. The minimum Gasteiger partial charge on any atom is -0.493 e. The molecule has 114 valence electrons. The molecule has 21 heavy (non-hydrogen) atoms. The summed E-state index contributed by atoms with van der Waals surface area (Å²) in [7, 11) is 0.0451. The Hall–Kier alpha value is -1.15. The standard InChI is InChI=1S/C19H26OS/c1-2-3-11-20-19-15-17(21-12-7-4-8-13-21)14-16-9-5-6-10-18(16)19/h5-6,9-10,14-15,21H,2-4,7-8,11-13H2,1H3. The van der Waals surface area contributed by atoms with Crippen molar-refractivity contribution in [3.8, 4) is 5.75 Å². The number of benzene rings is 2. The van der Waals surface area contributed by atoms with E-state index in [1.165, 1.54) is 48.0 Å². The summed E-state index contributed by atoms with van der Waals surface area (Å²) < 4.78 is 6.10. The van der Waals surface area contributed by atoms with E-state index in [0.717, 1.165) is 18.8 Å². The molecule has 0 spiro atoms. The summed E-state index contributed by atoms with van der Waals surface area (Å²) >= 11 is 0. The highest BCUT2D eigenvalue weighted by Gasteiger charge is 2.14. The normalized spacial score (nSPS) is 17.1. The van der Waals surface area contributed by atoms with Crippen LogP contribution in [0.1, 0.15) is 39.0 Å².